The van der Waals surface area contributed by atoms with Gasteiger partial charge in [0.25, 0.3) is 0 Å². The predicted molar refractivity (Wildman–Crippen MR) is 40.3 cm³/mol. The number of nitrogens with one attached hydrogen (secondary N) is 1. The van der Waals surface area contributed by atoms with Gasteiger partial charge in [0.1, 0.15) is 5.78 Å². The van der Waals surface area contributed by atoms with E-state index in [0.29, 0.717) is 0 Å². The molecule has 0 radical (unpaired) electrons. The molecule has 1 N–H and O–H groups in total. The van der Waals surface area contributed by atoms with E-state index < -0.39 is 0 Å². The number of imide groups is 1. The summed E-state index contributed by atoms with van der Waals surface area (Å²) in [6, 6.07) is 0. The number of rotatable bonds is 2. The molecule has 0 aromatic carbocycles. The molecule has 1 rings (SSSR count). The second-order valence-corrected chi connectivity index (χ2v) is 2.68. The first-order valence-electron chi connectivity index (χ1n) is 3.64. The summed E-state index contributed by atoms with van der Waals surface area (Å²) in [6.07, 6.45) is 0. The molecule has 66 valence electrons. The number of carbonyl (C=O) groups is 3. The molecule has 1 aliphatic rings. The minimum Gasteiger partial charge on any atom is -0.300 e. The Morgan fingerprint density at radius 1 is 1.42 bits per heavy atom. The van der Waals surface area contributed by atoms with Crippen molar-refractivity contribution < 1.29 is 14.4 Å². The lowest BCUT2D eigenvalue weighted by Gasteiger charge is -2.24. The lowest BCUT2D eigenvalue weighted by molar-refractivity contribution is -0.148. The average molecular weight is 170 g/mol. The van der Waals surface area contributed by atoms with E-state index in [0.717, 1.165) is 4.90 Å². The van der Waals surface area contributed by atoms with Gasteiger partial charge in [-0.3, -0.25) is 24.6 Å². The van der Waals surface area contributed by atoms with Gasteiger partial charge in [0.15, 0.2) is 0 Å². The van der Waals surface area contributed by atoms with Crippen molar-refractivity contribution in [3.8, 4) is 0 Å². The van der Waals surface area contributed by atoms with Gasteiger partial charge >= 0.3 is 0 Å². The maximum Gasteiger partial charge on any atom is 0.243 e. The molecule has 1 fully saturated rings. The van der Waals surface area contributed by atoms with E-state index in [4.69, 9.17) is 0 Å². The summed E-state index contributed by atoms with van der Waals surface area (Å²) < 4.78 is 0. The molecule has 0 aromatic rings. The highest BCUT2D eigenvalue weighted by Crippen LogP contribution is 1.95. The Morgan fingerprint density at radius 2 is 1.92 bits per heavy atom. The summed E-state index contributed by atoms with van der Waals surface area (Å²) >= 11 is 0. The fourth-order valence-electron chi connectivity index (χ4n) is 1.01. The lowest BCUT2D eigenvalue weighted by Crippen LogP contribution is -2.53. The van der Waals surface area contributed by atoms with Crippen molar-refractivity contribution in [3.05, 3.63) is 0 Å². The Morgan fingerprint density at radius 3 is 2.33 bits per heavy atom. The topological polar surface area (TPSA) is 66.5 Å². The van der Waals surface area contributed by atoms with Crippen LogP contribution in [0, 0.1) is 0 Å². The Bertz CT molecular complexity index is 221. The predicted octanol–water partition coefficient (Wildman–Crippen LogP) is -1.47. The van der Waals surface area contributed by atoms with Crippen LogP contribution in [-0.4, -0.2) is 42.1 Å². The summed E-state index contributed by atoms with van der Waals surface area (Å²) in [5.41, 5.74) is 0. The fraction of sp³-hybridized carbons (Fsp3) is 0.571. The zero-order valence-corrected chi connectivity index (χ0v) is 6.79. The molecule has 0 spiro atoms. The van der Waals surface area contributed by atoms with E-state index in [1.54, 1.807) is 0 Å². The molecular formula is C7H10N2O3. The van der Waals surface area contributed by atoms with Crippen molar-refractivity contribution in [2.24, 2.45) is 0 Å². The highest BCUT2D eigenvalue weighted by molar-refractivity contribution is 6.02. The number of amides is 2. The second kappa shape index (κ2) is 3.44. The maximum atomic E-state index is 11.0. The van der Waals surface area contributed by atoms with E-state index in [-0.39, 0.29) is 37.2 Å². The smallest absolute Gasteiger partial charge is 0.243 e. The van der Waals surface area contributed by atoms with Crippen LogP contribution in [-0.2, 0) is 14.4 Å². The zero-order chi connectivity index (χ0) is 9.14. The molecule has 0 unspecified atom stereocenters. The number of piperazine rings is 1. The SMILES string of the molecule is CC(=O)CN1C(=O)CNCC1=O. The van der Waals surface area contributed by atoms with Crippen LogP contribution >= 0.6 is 0 Å². The molecule has 12 heavy (non-hydrogen) atoms. The maximum absolute atomic E-state index is 11.0. The number of hydrogen-bond acceptors (Lipinski definition) is 4. The molecule has 0 saturated carbocycles. The van der Waals surface area contributed by atoms with Gasteiger partial charge in [0, 0.05) is 0 Å². The molecule has 1 heterocycles. The van der Waals surface area contributed by atoms with Gasteiger partial charge in [-0.05, 0) is 6.92 Å². The van der Waals surface area contributed by atoms with Gasteiger partial charge in [0.2, 0.25) is 11.8 Å². The lowest BCUT2D eigenvalue weighted by atomic mass is 10.3. The summed E-state index contributed by atoms with van der Waals surface area (Å²) in [6.45, 7) is 1.53. The van der Waals surface area contributed by atoms with E-state index in [1.807, 2.05) is 0 Å². The standard InChI is InChI=1S/C7H10N2O3/c1-5(10)4-9-6(11)2-8-3-7(9)12/h8H,2-4H2,1H3. The molecular weight excluding hydrogens is 160 g/mol. The van der Waals surface area contributed by atoms with Crippen molar-refractivity contribution in [1.82, 2.24) is 10.2 Å². The summed E-state index contributed by atoms with van der Waals surface area (Å²) in [7, 11) is 0. The molecule has 1 saturated heterocycles. The molecule has 1 aliphatic heterocycles. The first-order valence-corrected chi connectivity index (χ1v) is 3.64. The highest BCUT2D eigenvalue weighted by Gasteiger charge is 2.25. The van der Waals surface area contributed by atoms with E-state index in [1.165, 1.54) is 6.92 Å². The largest absolute Gasteiger partial charge is 0.300 e. The number of carbonyl (C=O) groups excluding carboxylic acids is 3. The third-order valence-electron chi connectivity index (χ3n) is 1.54. The Kier molecular flexibility index (Phi) is 2.54. The minimum atomic E-state index is -0.332. The summed E-state index contributed by atoms with van der Waals surface area (Å²) in [5.74, 6) is -0.846. The van der Waals surface area contributed by atoms with Crippen molar-refractivity contribution >= 4 is 17.6 Å². The molecule has 0 aromatic heterocycles. The molecule has 0 bridgehead atoms. The number of Topliss-reactive ketones (excluding diaryl/α,β-unsaturated/α-hetero) is 1. The monoisotopic (exact) mass is 170 g/mol. The molecule has 0 atom stereocenters. The first-order chi connectivity index (χ1) is 5.61. The van der Waals surface area contributed by atoms with Crippen molar-refractivity contribution in [3.63, 3.8) is 0 Å². The molecule has 5 nitrogen and oxygen atoms in total. The number of nitrogens with zero attached hydrogens (tertiary/aromatic N) is 1. The normalized spacial score (nSPS) is 18.2. The van der Waals surface area contributed by atoms with Gasteiger partial charge < -0.3 is 0 Å². The third-order valence-corrected chi connectivity index (χ3v) is 1.54. The van der Waals surface area contributed by atoms with Gasteiger partial charge in [-0.1, -0.05) is 0 Å². The first kappa shape index (κ1) is 8.86. The van der Waals surface area contributed by atoms with Crippen LogP contribution in [0.4, 0.5) is 0 Å². The summed E-state index contributed by atoms with van der Waals surface area (Å²) in [5, 5.41) is 2.64. The number of ketones is 1. The Labute approximate surface area is 69.7 Å². The van der Waals surface area contributed by atoms with Crippen LogP contribution in [0.2, 0.25) is 0 Å². The average Bonchev–Trinajstić information content (AvgIpc) is 1.97. The zero-order valence-electron chi connectivity index (χ0n) is 6.79. The highest BCUT2D eigenvalue weighted by atomic mass is 16.2. The van der Waals surface area contributed by atoms with Gasteiger partial charge in [0.05, 0.1) is 19.6 Å². The molecule has 2 amide bonds. The van der Waals surface area contributed by atoms with E-state index in [2.05, 4.69) is 5.32 Å². The van der Waals surface area contributed by atoms with Crippen molar-refractivity contribution in [1.29, 1.82) is 0 Å². The Balaban J connectivity index is 2.63. The van der Waals surface area contributed by atoms with Crippen molar-refractivity contribution in [2.75, 3.05) is 19.6 Å². The van der Waals surface area contributed by atoms with Crippen LogP contribution in [0.1, 0.15) is 6.92 Å². The van der Waals surface area contributed by atoms with Crippen LogP contribution in [0.3, 0.4) is 0 Å². The molecule has 0 aliphatic carbocycles. The Hall–Kier alpha value is -1.23. The minimum absolute atomic E-state index is 0.0979. The summed E-state index contributed by atoms with van der Waals surface area (Å²) in [4.78, 5) is 33.7. The van der Waals surface area contributed by atoms with E-state index in [9.17, 15) is 14.4 Å². The quantitative estimate of drug-likeness (QED) is 0.514. The van der Waals surface area contributed by atoms with Gasteiger partial charge in [-0.15, -0.1) is 0 Å². The van der Waals surface area contributed by atoms with Crippen LogP contribution < -0.4 is 5.32 Å². The second-order valence-electron chi connectivity index (χ2n) is 2.68. The van der Waals surface area contributed by atoms with Crippen LogP contribution in [0.5, 0.6) is 0 Å². The van der Waals surface area contributed by atoms with Gasteiger partial charge in [-0.25, -0.2) is 0 Å². The molecule has 5 heteroatoms. The van der Waals surface area contributed by atoms with Crippen LogP contribution in [0.25, 0.3) is 0 Å². The van der Waals surface area contributed by atoms with E-state index >= 15 is 0 Å². The van der Waals surface area contributed by atoms with Crippen molar-refractivity contribution in [2.45, 2.75) is 6.92 Å². The number of hydrogen-bond donors (Lipinski definition) is 1. The van der Waals surface area contributed by atoms with Gasteiger partial charge in [-0.2, -0.15) is 0 Å². The fourth-order valence-corrected chi connectivity index (χ4v) is 1.01. The van der Waals surface area contributed by atoms with Crippen LogP contribution in [0.15, 0.2) is 0 Å². The third kappa shape index (κ3) is 1.88.